The Labute approximate surface area is 181 Å². The first-order chi connectivity index (χ1) is 15.0. The fourth-order valence-electron chi connectivity index (χ4n) is 3.93. The summed E-state index contributed by atoms with van der Waals surface area (Å²) in [5.74, 6) is -4.70. The van der Waals surface area contributed by atoms with Crippen LogP contribution in [0.15, 0.2) is 24.4 Å². The van der Waals surface area contributed by atoms with Crippen molar-refractivity contribution in [1.29, 1.82) is 0 Å². The molecule has 0 radical (unpaired) electrons. The zero-order valence-electron chi connectivity index (χ0n) is 17.4. The Morgan fingerprint density at radius 2 is 1.94 bits per heavy atom. The van der Waals surface area contributed by atoms with Crippen LogP contribution in [0.5, 0.6) is 0 Å². The van der Waals surface area contributed by atoms with E-state index in [1.165, 1.54) is 10.9 Å². The van der Waals surface area contributed by atoms with Gasteiger partial charge in [0.25, 0.3) is 0 Å². The first-order valence-corrected chi connectivity index (χ1v) is 9.79. The average molecular weight is 453 g/mol. The van der Waals surface area contributed by atoms with Gasteiger partial charge in [-0.1, -0.05) is 5.21 Å². The van der Waals surface area contributed by atoms with Crippen molar-refractivity contribution in [3.8, 4) is 11.3 Å². The Kier molecular flexibility index (Phi) is 5.69. The molecule has 1 N–H and O–H groups in total. The number of rotatable bonds is 4. The lowest BCUT2D eigenvalue weighted by atomic mass is 9.91. The number of benzene rings is 1. The van der Waals surface area contributed by atoms with Crippen LogP contribution in [0.3, 0.4) is 0 Å². The van der Waals surface area contributed by atoms with Crippen molar-refractivity contribution in [2.75, 3.05) is 6.61 Å². The van der Waals surface area contributed by atoms with Gasteiger partial charge in [-0.25, -0.2) is 18.3 Å². The summed E-state index contributed by atoms with van der Waals surface area (Å²) in [6.07, 6.45) is -3.10. The third kappa shape index (κ3) is 4.33. The number of aliphatic carboxylic acids is 1. The van der Waals surface area contributed by atoms with E-state index in [1.54, 1.807) is 13.8 Å². The number of esters is 1. The number of nitrogens with zero attached hydrogens (tertiary/aromatic N) is 3. The number of carboxylic acid groups (broad SMARTS) is 1. The van der Waals surface area contributed by atoms with E-state index in [0.717, 1.165) is 25.1 Å². The number of ether oxygens (including phenoxy) is 4. The van der Waals surface area contributed by atoms with Gasteiger partial charge in [0, 0.05) is 18.6 Å². The van der Waals surface area contributed by atoms with Gasteiger partial charge in [0.05, 0.1) is 12.8 Å². The topological polar surface area (TPSA) is 122 Å². The Bertz CT molecular complexity index is 1020. The largest absolute Gasteiger partial charge is 0.479 e. The summed E-state index contributed by atoms with van der Waals surface area (Å²) >= 11 is 0. The Morgan fingerprint density at radius 1 is 1.25 bits per heavy atom. The Morgan fingerprint density at radius 3 is 2.56 bits per heavy atom. The van der Waals surface area contributed by atoms with Gasteiger partial charge in [0.15, 0.2) is 18.0 Å². The highest BCUT2D eigenvalue weighted by atomic mass is 19.1. The average Bonchev–Trinajstić information content (AvgIpc) is 3.15. The highest BCUT2D eigenvalue weighted by molar-refractivity contribution is 5.75. The van der Waals surface area contributed by atoms with E-state index in [2.05, 4.69) is 10.3 Å². The molecule has 12 heteroatoms. The molecule has 2 aliphatic heterocycles. The highest BCUT2D eigenvalue weighted by Crippen LogP contribution is 2.40. The molecule has 0 bridgehead atoms. The second-order valence-corrected chi connectivity index (χ2v) is 8.03. The summed E-state index contributed by atoms with van der Waals surface area (Å²) in [5, 5.41) is 17.7. The number of hydrogen-bond donors (Lipinski definition) is 1. The lowest BCUT2D eigenvalue weighted by Crippen LogP contribution is -2.64. The summed E-state index contributed by atoms with van der Waals surface area (Å²) in [6, 6.07) is 1.92. The molecule has 0 unspecified atom stereocenters. The van der Waals surface area contributed by atoms with Crippen LogP contribution in [0.25, 0.3) is 11.3 Å². The monoisotopic (exact) mass is 453 g/mol. The Hall–Kier alpha value is -2.96. The molecule has 32 heavy (non-hydrogen) atoms. The molecule has 3 heterocycles. The number of carbonyl (C=O) groups excluding carboxylic acids is 1. The predicted molar refractivity (Wildman–Crippen MR) is 101 cm³/mol. The lowest BCUT2D eigenvalue weighted by Gasteiger charge is -2.49. The first-order valence-electron chi connectivity index (χ1n) is 9.79. The van der Waals surface area contributed by atoms with Crippen molar-refractivity contribution >= 4 is 11.9 Å². The van der Waals surface area contributed by atoms with Crippen molar-refractivity contribution in [2.45, 2.75) is 57.0 Å². The second kappa shape index (κ2) is 8.19. The van der Waals surface area contributed by atoms with E-state index in [-0.39, 0.29) is 17.9 Å². The van der Waals surface area contributed by atoms with E-state index < -0.39 is 59.8 Å². The molecule has 10 nitrogen and oxygen atoms in total. The zero-order chi connectivity index (χ0) is 23.2. The van der Waals surface area contributed by atoms with Crippen LogP contribution in [-0.4, -0.2) is 68.8 Å². The zero-order valence-corrected chi connectivity index (χ0v) is 17.4. The fraction of sp³-hybridized carbons (Fsp3) is 0.500. The van der Waals surface area contributed by atoms with Gasteiger partial charge in [-0.05, 0) is 26.0 Å². The molecule has 4 rings (SSSR count). The van der Waals surface area contributed by atoms with Crippen LogP contribution in [-0.2, 0) is 28.5 Å². The van der Waals surface area contributed by atoms with E-state index in [0.29, 0.717) is 0 Å². The van der Waals surface area contributed by atoms with E-state index in [4.69, 9.17) is 18.9 Å². The molecule has 5 atom stereocenters. The third-order valence-electron chi connectivity index (χ3n) is 5.19. The quantitative estimate of drug-likeness (QED) is 0.689. The molecule has 1 aromatic carbocycles. The number of carboxylic acids is 1. The minimum Gasteiger partial charge on any atom is -0.479 e. The van der Waals surface area contributed by atoms with Crippen LogP contribution in [0.4, 0.5) is 8.78 Å². The highest BCUT2D eigenvalue weighted by Gasteiger charge is 2.56. The second-order valence-electron chi connectivity index (χ2n) is 8.03. The maximum absolute atomic E-state index is 13.7. The van der Waals surface area contributed by atoms with Gasteiger partial charge in [0.1, 0.15) is 35.6 Å². The minimum atomic E-state index is -1.53. The minimum absolute atomic E-state index is 0.0292. The summed E-state index contributed by atoms with van der Waals surface area (Å²) < 4.78 is 51.1. The van der Waals surface area contributed by atoms with Crippen LogP contribution in [0, 0.1) is 11.6 Å². The van der Waals surface area contributed by atoms with Crippen LogP contribution < -0.4 is 0 Å². The maximum Gasteiger partial charge on any atom is 0.336 e. The molecule has 2 aliphatic rings. The summed E-state index contributed by atoms with van der Waals surface area (Å²) in [7, 11) is 0. The number of hydrogen-bond acceptors (Lipinski definition) is 8. The maximum atomic E-state index is 13.7. The van der Waals surface area contributed by atoms with Gasteiger partial charge in [0.2, 0.25) is 0 Å². The molecule has 0 amide bonds. The van der Waals surface area contributed by atoms with Crippen molar-refractivity contribution in [1.82, 2.24) is 15.0 Å². The van der Waals surface area contributed by atoms with Gasteiger partial charge in [-0.15, -0.1) is 5.10 Å². The van der Waals surface area contributed by atoms with E-state index >= 15 is 0 Å². The van der Waals surface area contributed by atoms with Gasteiger partial charge in [-0.3, -0.25) is 4.79 Å². The normalized spacial score (nSPS) is 29.2. The van der Waals surface area contributed by atoms with Gasteiger partial charge < -0.3 is 24.1 Å². The number of carbonyl (C=O) groups is 2. The fourth-order valence-corrected chi connectivity index (χ4v) is 3.93. The Balaban J connectivity index is 1.78. The van der Waals surface area contributed by atoms with Crippen LogP contribution in [0.2, 0.25) is 0 Å². The number of aromatic nitrogens is 3. The van der Waals surface area contributed by atoms with Crippen LogP contribution in [0.1, 0.15) is 26.8 Å². The van der Waals surface area contributed by atoms with Gasteiger partial charge >= 0.3 is 11.9 Å². The molecule has 2 saturated heterocycles. The van der Waals surface area contributed by atoms with E-state index in [9.17, 15) is 23.5 Å². The van der Waals surface area contributed by atoms with Gasteiger partial charge in [-0.2, -0.15) is 0 Å². The molecular formula is C20H21F2N3O7. The van der Waals surface area contributed by atoms with Crippen LogP contribution >= 0.6 is 0 Å². The molecule has 2 aromatic rings. The predicted octanol–water partition coefficient (Wildman–Crippen LogP) is 1.70. The first kappa shape index (κ1) is 22.2. The molecule has 1 aromatic heterocycles. The molecule has 2 fully saturated rings. The van der Waals surface area contributed by atoms with Crippen molar-refractivity contribution in [3.05, 3.63) is 36.0 Å². The molecule has 0 spiro atoms. The standard InChI is InChI=1S/C20H21F2N3O7/c1-9(26)30-17-15(16-14(31-18(17)19(27)28)8-29-20(2,3)32-16)25-7-13(23-24-25)10-4-11(21)6-12(22)5-10/h4-7,14-18H,8H2,1-3H3,(H,27,28)/t14-,15+,16+,17-,18-/m1/s1. The van der Waals surface area contributed by atoms with Crippen molar-refractivity contribution < 1.29 is 42.4 Å². The smallest absolute Gasteiger partial charge is 0.336 e. The molecular weight excluding hydrogens is 432 g/mol. The molecule has 0 aliphatic carbocycles. The lowest BCUT2D eigenvalue weighted by molar-refractivity contribution is -0.346. The van der Waals surface area contributed by atoms with Crippen molar-refractivity contribution in [2.24, 2.45) is 0 Å². The number of halogens is 2. The molecule has 172 valence electrons. The third-order valence-corrected chi connectivity index (χ3v) is 5.19. The summed E-state index contributed by atoms with van der Waals surface area (Å²) in [6.45, 7) is 4.51. The summed E-state index contributed by atoms with van der Waals surface area (Å²) in [4.78, 5) is 23.7. The number of fused-ring (bicyclic) bond motifs is 1. The van der Waals surface area contributed by atoms with E-state index in [1.807, 2.05) is 0 Å². The van der Waals surface area contributed by atoms with Crippen molar-refractivity contribution in [3.63, 3.8) is 0 Å². The SMILES string of the molecule is CC(=O)O[C@@H]1[C@@H](n2cc(-c3cc(F)cc(F)c3)nn2)[C@H]2OC(C)(C)OC[C@H]2O[C@H]1C(=O)O. The molecule has 0 saturated carbocycles. The summed E-state index contributed by atoms with van der Waals surface area (Å²) in [5.41, 5.74) is 0.260.